The highest BCUT2D eigenvalue weighted by Gasteiger charge is 2.05. The third-order valence-corrected chi connectivity index (χ3v) is 3.53. The molecule has 18 heavy (non-hydrogen) atoms. The number of rotatable bonds is 1. The summed E-state index contributed by atoms with van der Waals surface area (Å²) < 4.78 is 0. The molecule has 0 fully saturated rings. The van der Waals surface area contributed by atoms with Crippen LogP contribution < -0.4 is 0 Å². The van der Waals surface area contributed by atoms with Gasteiger partial charge in [0.05, 0.1) is 11.2 Å². The van der Waals surface area contributed by atoms with Crippen LogP contribution in [0.1, 0.15) is 5.56 Å². The first kappa shape index (κ1) is 11.2. The second-order valence-corrected chi connectivity index (χ2v) is 4.71. The molecule has 0 atom stereocenters. The van der Waals surface area contributed by atoms with Crippen LogP contribution in [0.4, 0.5) is 0 Å². The van der Waals surface area contributed by atoms with Gasteiger partial charge in [-0.1, -0.05) is 54.1 Å². The van der Waals surface area contributed by atoms with Crippen LogP contribution in [0.2, 0.25) is 5.02 Å². The van der Waals surface area contributed by atoms with Crippen molar-refractivity contribution in [2.75, 3.05) is 0 Å². The van der Waals surface area contributed by atoms with Gasteiger partial charge in [0.25, 0.3) is 0 Å². The number of hydrogen-bond donors (Lipinski definition) is 0. The zero-order valence-corrected chi connectivity index (χ0v) is 10.8. The van der Waals surface area contributed by atoms with E-state index in [9.17, 15) is 0 Å². The Balaban J connectivity index is 2.25. The SMILES string of the molecule is Cc1c(Cl)ccc2ccc(-c3ccccc3)nc12. The van der Waals surface area contributed by atoms with Gasteiger partial charge in [0, 0.05) is 16.0 Å². The third-order valence-electron chi connectivity index (χ3n) is 3.12. The van der Waals surface area contributed by atoms with Crippen LogP contribution in [0, 0.1) is 6.92 Å². The van der Waals surface area contributed by atoms with Crippen molar-refractivity contribution in [3.05, 3.63) is 65.2 Å². The van der Waals surface area contributed by atoms with Crippen LogP contribution in [-0.4, -0.2) is 4.98 Å². The monoisotopic (exact) mass is 253 g/mol. The van der Waals surface area contributed by atoms with Crippen molar-refractivity contribution >= 4 is 22.5 Å². The molecule has 0 radical (unpaired) electrons. The average molecular weight is 254 g/mol. The molecule has 0 aliphatic carbocycles. The smallest absolute Gasteiger partial charge is 0.0753 e. The van der Waals surface area contributed by atoms with Gasteiger partial charge in [-0.15, -0.1) is 0 Å². The van der Waals surface area contributed by atoms with Crippen molar-refractivity contribution in [3.63, 3.8) is 0 Å². The summed E-state index contributed by atoms with van der Waals surface area (Å²) in [4.78, 5) is 4.72. The van der Waals surface area contributed by atoms with E-state index in [1.54, 1.807) is 0 Å². The molecule has 1 heterocycles. The zero-order valence-electron chi connectivity index (χ0n) is 10.0. The Kier molecular flexibility index (Phi) is 2.77. The molecule has 0 saturated carbocycles. The number of hydrogen-bond acceptors (Lipinski definition) is 1. The van der Waals surface area contributed by atoms with Crippen LogP contribution in [0.15, 0.2) is 54.6 Å². The second kappa shape index (κ2) is 4.43. The fourth-order valence-electron chi connectivity index (χ4n) is 2.08. The molecule has 0 aliphatic rings. The largest absolute Gasteiger partial charge is 0.247 e. The van der Waals surface area contributed by atoms with E-state index in [4.69, 9.17) is 16.6 Å². The number of nitrogens with zero attached hydrogens (tertiary/aromatic N) is 1. The maximum atomic E-state index is 6.15. The first-order valence-electron chi connectivity index (χ1n) is 5.87. The van der Waals surface area contributed by atoms with Crippen LogP contribution in [-0.2, 0) is 0 Å². The van der Waals surface area contributed by atoms with Gasteiger partial charge in [0.15, 0.2) is 0 Å². The van der Waals surface area contributed by atoms with E-state index in [1.807, 2.05) is 43.3 Å². The van der Waals surface area contributed by atoms with Crippen molar-refractivity contribution in [2.24, 2.45) is 0 Å². The minimum absolute atomic E-state index is 0.764. The Bertz CT molecular complexity index is 705. The average Bonchev–Trinajstić information content (AvgIpc) is 2.44. The zero-order chi connectivity index (χ0) is 12.5. The van der Waals surface area contributed by atoms with Gasteiger partial charge < -0.3 is 0 Å². The summed E-state index contributed by atoms with van der Waals surface area (Å²) in [6, 6.07) is 18.2. The quantitative estimate of drug-likeness (QED) is 0.603. The molecule has 0 unspecified atom stereocenters. The lowest BCUT2D eigenvalue weighted by atomic mass is 10.1. The summed E-state index contributed by atoms with van der Waals surface area (Å²) in [7, 11) is 0. The highest BCUT2D eigenvalue weighted by Crippen LogP contribution is 2.26. The molecule has 88 valence electrons. The fourth-order valence-corrected chi connectivity index (χ4v) is 2.23. The number of halogens is 1. The van der Waals surface area contributed by atoms with Gasteiger partial charge in [-0.05, 0) is 24.6 Å². The van der Waals surface area contributed by atoms with E-state index in [2.05, 4.69) is 18.2 Å². The molecule has 0 N–H and O–H groups in total. The maximum Gasteiger partial charge on any atom is 0.0753 e. The fraction of sp³-hybridized carbons (Fsp3) is 0.0625. The van der Waals surface area contributed by atoms with Crippen LogP contribution >= 0.6 is 11.6 Å². The van der Waals surface area contributed by atoms with Gasteiger partial charge in [0.1, 0.15) is 0 Å². The molecule has 2 aromatic carbocycles. The predicted octanol–water partition coefficient (Wildman–Crippen LogP) is 4.86. The van der Waals surface area contributed by atoms with Gasteiger partial charge in [-0.25, -0.2) is 4.98 Å². The lowest BCUT2D eigenvalue weighted by molar-refractivity contribution is 1.36. The molecule has 0 amide bonds. The lowest BCUT2D eigenvalue weighted by Crippen LogP contribution is -1.88. The lowest BCUT2D eigenvalue weighted by Gasteiger charge is -2.06. The maximum absolute atomic E-state index is 6.15. The summed E-state index contributed by atoms with van der Waals surface area (Å²) in [5.41, 5.74) is 4.11. The Morgan fingerprint density at radius 3 is 2.39 bits per heavy atom. The van der Waals surface area contributed by atoms with E-state index >= 15 is 0 Å². The van der Waals surface area contributed by atoms with Gasteiger partial charge >= 0.3 is 0 Å². The molecular formula is C16H12ClN. The summed E-state index contributed by atoms with van der Waals surface area (Å²) in [5.74, 6) is 0. The van der Waals surface area contributed by atoms with Crippen molar-refractivity contribution in [1.82, 2.24) is 4.98 Å². The number of benzene rings is 2. The molecule has 3 aromatic rings. The molecule has 2 heteroatoms. The second-order valence-electron chi connectivity index (χ2n) is 4.31. The van der Waals surface area contributed by atoms with Crippen LogP contribution in [0.3, 0.4) is 0 Å². The minimum Gasteiger partial charge on any atom is -0.247 e. The van der Waals surface area contributed by atoms with Gasteiger partial charge in [-0.3, -0.25) is 0 Å². The first-order valence-corrected chi connectivity index (χ1v) is 6.25. The molecule has 3 rings (SSSR count). The summed E-state index contributed by atoms with van der Waals surface area (Å²) in [6.07, 6.45) is 0. The standard InChI is InChI=1S/C16H12ClN/c1-11-14(17)9-7-13-8-10-15(18-16(11)13)12-5-3-2-4-6-12/h2-10H,1H3. The molecule has 1 nitrogen and oxygen atoms in total. The number of fused-ring (bicyclic) bond motifs is 1. The molecule has 0 spiro atoms. The molecule has 1 aromatic heterocycles. The van der Waals surface area contributed by atoms with Gasteiger partial charge in [-0.2, -0.15) is 0 Å². The van der Waals surface area contributed by atoms with Crippen molar-refractivity contribution in [3.8, 4) is 11.3 Å². The number of pyridine rings is 1. The summed E-state index contributed by atoms with van der Waals surface area (Å²) in [5, 5.41) is 1.89. The third kappa shape index (κ3) is 1.87. The molecule has 0 bridgehead atoms. The molecular weight excluding hydrogens is 242 g/mol. The Hall–Kier alpha value is -1.86. The predicted molar refractivity (Wildman–Crippen MR) is 76.9 cm³/mol. The van der Waals surface area contributed by atoms with Crippen molar-refractivity contribution in [1.29, 1.82) is 0 Å². The Morgan fingerprint density at radius 2 is 1.61 bits per heavy atom. The van der Waals surface area contributed by atoms with E-state index in [0.29, 0.717) is 0 Å². The van der Waals surface area contributed by atoms with Crippen LogP contribution in [0.25, 0.3) is 22.2 Å². The van der Waals surface area contributed by atoms with E-state index in [0.717, 1.165) is 32.7 Å². The Labute approximate surface area is 111 Å². The number of aromatic nitrogens is 1. The van der Waals surface area contributed by atoms with E-state index < -0.39 is 0 Å². The summed E-state index contributed by atoms with van der Waals surface area (Å²) in [6.45, 7) is 2.01. The van der Waals surface area contributed by atoms with Crippen LogP contribution in [0.5, 0.6) is 0 Å². The molecule has 0 aliphatic heterocycles. The summed E-state index contributed by atoms with van der Waals surface area (Å²) >= 11 is 6.15. The first-order chi connectivity index (χ1) is 8.75. The minimum atomic E-state index is 0.764. The highest BCUT2D eigenvalue weighted by atomic mass is 35.5. The van der Waals surface area contributed by atoms with Crippen molar-refractivity contribution < 1.29 is 0 Å². The number of aryl methyl sites for hydroxylation is 1. The Morgan fingerprint density at radius 1 is 0.889 bits per heavy atom. The van der Waals surface area contributed by atoms with E-state index in [-0.39, 0.29) is 0 Å². The molecule has 0 saturated heterocycles. The topological polar surface area (TPSA) is 12.9 Å². The normalized spacial score (nSPS) is 10.8. The van der Waals surface area contributed by atoms with E-state index in [1.165, 1.54) is 0 Å². The highest BCUT2D eigenvalue weighted by molar-refractivity contribution is 6.32. The van der Waals surface area contributed by atoms with Crippen molar-refractivity contribution in [2.45, 2.75) is 6.92 Å². The van der Waals surface area contributed by atoms with Gasteiger partial charge in [0.2, 0.25) is 0 Å².